The van der Waals surface area contributed by atoms with Gasteiger partial charge < -0.3 is 10.8 Å². The van der Waals surface area contributed by atoms with Crippen molar-refractivity contribution in [3.8, 4) is 12.3 Å². The summed E-state index contributed by atoms with van der Waals surface area (Å²) in [6.45, 7) is 0.474. The second-order valence-corrected chi connectivity index (χ2v) is 2.86. The molecule has 1 rings (SSSR count). The number of aliphatic hydroxyl groups is 1. The van der Waals surface area contributed by atoms with Crippen molar-refractivity contribution in [1.29, 1.82) is 0 Å². The van der Waals surface area contributed by atoms with Gasteiger partial charge in [0.25, 0.3) is 0 Å². The number of terminal acetylenes is 1. The highest BCUT2D eigenvalue weighted by Crippen LogP contribution is 2.16. The Morgan fingerprint density at radius 2 is 2.31 bits per heavy atom. The van der Waals surface area contributed by atoms with Gasteiger partial charge in [-0.25, -0.2) is 0 Å². The summed E-state index contributed by atoms with van der Waals surface area (Å²) in [5, 5.41) is 9.59. The molecule has 0 heterocycles. The molecule has 0 aliphatic carbocycles. The minimum absolute atomic E-state index is 0.474. The average molecular weight is 175 g/mol. The van der Waals surface area contributed by atoms with E-state index in [0.29, 0.717) is 13.0 Å². The number of rotatable bonds is 3. The molecule has 0 aliphatic heterocycles. The number of hydrogen-bond acceptors (Lipinski definition) is 2. The average Bonchev–Trinajstić information content (AvgIpc) is 2.18. The molecular weight excluding hydrogens is 162 g/mol. The Balaban J connectivity index is 2.83. The smallest absolute Gasteiger partial charge is 0.0802 e. The largest absolute Gasteiger partial charge is 0.388 e. The fourth-order valence-corrected chi connectivity index (χ4v) is 1.16. The van der Waals surface area contributed by atoms with E-state index in [0.717, 1.165) is 11.1 Å². The molecule has 0 bridgehead atoms. The maximum atomic E-state index is 9.59. The van der Waals surface area contributed by atoms with Crippen molar-refractivity contribution < 1.29 is 5.11 Å². The Kier molecular flexibility index (Phi) is 3.51. The number of benzene rings is 1. The van der Waals surface area contributed by atoms with Crippen LogP contribution < -0.4 is 5.73 Å². The van der Waals surface area contributed by atoms with E-state index < -0.39 is 6.10 Å². The molecule has 0 amide bonds. The summed E-state index contributed by atoms with van der Waals surface area (Å²) in [4.78, 5) is 0. The van der Waals surface area contributed by atoms with Gasteiger partial charge in [-0.05, 0) is 30.7 Å². The number of hydrogen-bond donors (Lipinski definition) is 2. The molecule has 0 spiro atoms. The molecule has 1 aromatic carbocycles. The van der Waals surface area contributed by atoms with E-state index >= 15 is 0 Å². The van der Waals surface area contributed by atoms with Crippen molar-refractivity contribution in [2.75, 3.05) is 6.54 Å². The molecule has 2 heteroatoms. The topological polar surface area (TPSA) is 46.2 Å². The summed E-state index contributed by atoms with van der Waals surface area (Å²) >= 11 is 0. The van der Waals surface area contributed by atoms with Gasteiger partial charge in [0.05, 0.1) is 6.10 Å². The predicted octanol–water partition coefficient (Wildman–Crippen LogP) is 1.05. The van der Waals surface area contributed by atoms with Gasteiger partial charge in [-0.15, -0.1) is 6.42 Å². The van der Waals surface area contributed by atoms with Gasteiger partial charge in [-0.3, -0.25) is 0 Å². The zero-order chi connectivity index (χ0) is 9.68. The predicted molar refractivity (Wildman–Crippen MR) is 53.0 cm³/mol. The van der Waals surface area contributed by atoms with Crippen molar-refractivity contribution in [2.24, 2.45) is 5.73 Å². The summed E-state index contributed by atoms with van der Waals surface area (Å²) in [5.74, 6) is 2.52. The highest BCUT2D eigenvalue weighted by Gasteiger charge is 2.05. The molecule has 3 N–H and O–H groups in total. The first-order valence-corrected chi connectivity index (χ1v) is 4.22. The Labute approximate surface area is 78.4 Å². The molecule has 2 nitrogen and oxygen atoms in total. The van der Waals surface area contributed by atoms with E-state index in [4.69, 9.17) is 12.2 Å². The lowest BCUT2D eigenvalue weighted by molar-refractivity contribution is 0.170. The normalized spacial score (nSPS) is 12.1. The lowest BCUT2D eigenvalue weighted by Gasteiger charge is -2.09. The summed E-state index contributed by atoms with van der Waals surface area (Å²) < 4.78 is 0. The molecule has 0 saturated carbocycles. The number of nitrogens with two attached hydrogens (primary N) is 1. The summed E-state index contributed by atoms with van der Waals surface area (Å²) in [5.41, 5.74) is 6.96. The van der Waals surface area contributed by atoms with Crippen molar-refractivity contribution in [2.45, 2.75) is 12.5 Å². The van der Waals surface area contributed by atoms with Crippen LogP contribution in [-0.2, 0) is 0 Å². The molecule has 0 unspecified atom stereocenters. The first kappa shape index (κ1) is 9.79. The van der Waals surface area contributed by atoms with Gasteiger partial charge in [0.1, 0.15) is 0 Å². The number of aliphatic hydroxyl groups excluding tert-OH is 1. The van der Waals surface area contributed by atoms with Crippen molar-refractivity contribution in [3.63, 3.8) is 0 Å². The maximum absolute atomic E-state index is 9.59. The monoisotopic (exact) mass is 175 g/mol. The van der Waals surface area contributed by atoms with Crippen LogP contribution in [0.2, 0.25) is 0 Å². The molecule has 0 fully saturated rings. The van der Waals surface area contributed by atoms with Gasteiger partial charge in [-0.2, -0.15) is 0 Å². The zero-order valence-electron chi connectivity index (χ0n) is 7.40. The molecule has 0 aromatic heterocycles. The quantitative estimate of drug-likeness (QED) is 0.674. The fourth-order valence-electron chi connectivity index (χ4n) is 1.16. The van der Waals surface area contributed by atoms with Crippen LogP contribution in [0.1, 0.15) is 23.7 Å². The first-order valence-electron chi connectivity index (χ1n) is 4.22. The molecule has 0 radical (unpaired) electrons. The third-order valence-electron chi connectivity index (χ3n) is 1.88. The van der Waals surface area contributed by atoms with Crippen LogP contribution in [0.25, 0.3) is 0 Å². The van der Waals surface area contributed by atoms with Crippen LogP contribution >= 0.6 is 0 Å². The van der Waals surface area contributed by atoms with E-state index in [2.05, 4.69) is 5.92 Å². The highest BCUT2D eigenvalue weighted by atomic mass is 16.3. The molecule has 68 valence electrons. The van der Waals surface area contributed by atoms with E-state index in [1.54, 1.807) is 6.07 Å². The second kappa shape index (κ2) is 4.66. The molecule has 1 atom stereocenters. The third kappa shape index (κ3) is 2.59. The maximum Gasteiger partial charge on any atom is 0.0802 e. The highest BCUT2D eigenvalue weighted by molar-refractivity contribution is 5.36. The standard InChI is InChI=1S/C11H13NO/c1-2-9-4-3-5-10(8-9)11(13)6-7-12/h1,3-5,8,11,13H,6-7,12H2/t11-/m0/s1. The van der Waals surface area contributed by atoms with Crippen LogP contribution in [0.3, 0.4) is 0 Å². The van der Waals surface area contributed by atoms with Gasteiger partial charge in [0, 0.05) is 5.56 Å². The van der Waals surface area contributed by atoms with Gasteiger partial charge in [0.2, 0.25) is 0 Å². The lowest BCUT2D eigenvalue weighted by atomic mass is 10.0. The van der Waals surface area contributed by atoms with E-state index in [-0.39, 0.29) is 0 Å². The Morgan fingerprint density at radius 3 is 2.92 bits per heavy atom. The molecule has 1 aromatic rings. The Bertz CT molecular complexity index is 314. The molecule has 0 saturated heterocycles. The lowest BCUT2D eigenvalue weighted by Crippen LogP contribution is -2.06. The van der Waals surface area contributed by atoms with Gasteiger partial charge >= 0.3 is 0 Å². The van der Waals surface area contributed by atoms with E-state index in [1.165, 1.54) is 0 Å². The van der Waals surface area contributed by atoms with Crippen molar-refractivity contribution in [3.05, 3.63) is 35.4 Å². The van der Waals surface area contributed by atoms with Crippen molar-refractivity contribution in [1.82, 2.24) is 0 Å². The third-order valence-corrected chi connectivity index (χ3v) is 1.88. The van der Waals surface area contributed by atoms with Crippen LogP contribution in [0.15, 0.2) is 24.3 Å². The van der Waals surface area contributed by atoms with E-state index in [9.17, 15) is 5.11 Å². The summed E-state index contributed by atoms with van der Waals surface area (Å²) in [6.07, 6.45) is 5.30. The second-order valence-electron chi connectivity index (χ2n) is 2.86. The molecular formula is C11H13NO. The summed E-state index contributed by atoms with van der Waals surface area (Å²) in [6, 6.07) is 7.32. The van der Waals surface area contributed by atoms with Gasteiger partial charge in [0.15, 0.2) is 0 Å². The van der Waals surface area contributed by atoms with Crippen LogP contribution in [-0.4, -0.2) is 11.7 Å². The van der Waals surface area contributed by atoms with Crippen LogP contribution in [0.4, 0.5) is 0 Å². The van der Waals surface area contributed by atoms with Crippen molar-refractivity contribution >= 4 is 0 Å². The van der Waals surface area contributed by atoms with Crippen LogP contribution in [0, 0.1) is 12.3 Å². The first-order chi connectivity index (χ1) is 6.27. The summed E-state index contributed by atoms with van der Waals surface area (Å²) in [7, 11) is 0. The zero-order valence-corrected chi connectivity index (χ0v) is 7.40. The molecule has 13 heavy (non-hydrogen) atoms. The molecule has 0 aliphatic rings. The fraction of sp³-hybridized carbons (Fsp3) is 0.273. The minimum atomic E-state index is -0.502. The van der Waals surface area contributed by atoms with Gasteiger partial charge in [-0.1, -0.05) is 18.1 Å². The Morgan fingerprint density at radius 1 is 1.54 bits per heavy atom. The SMILES string of the molecule is C#Cc1cccc([C@@H](O)CCN)c1. The minimum Gasteiger partial charge on any atom is -0.388 e. The van der Waals surface area contributed by atoms with Crippen LogP contribution in [0.5, 0.6) is 0 Å². The van der Waals surface area contributed by atoms with E-state index in [1.807, 2.05) is 18.2 Å². The Hall–Kier alpha value is -1.30.